The standard InChI is InChI=1S/C26H31Cl2N5O4S/c1-3-37-25(36)19-5-4-10-32(15-19)23(34)16-38-26-29-21(28)13-22(30-26)31-11-12-33(17(2)14-31)24(35)18-6-8-20(27)9-7-18/h6-9,13,17,19H,3-5,10-12,14-16H2,1-2H3. The Kier molecular flexibility index (Phi) is 9.73. The first-order valence-electron chi connectivity index (χ1n) is 12.7. The SMILES string of the molecule is CCOC(=O)C1CCCN(C(=O)CSc2nc(Cl)cc(N3CCN(C(=O)c4ccc(Cl)cc4)C(C)C3)n2)C1. The van der Waals surface area contributed by atoms with Gasteiger partial charge in [0.1, 0.15) is 11.0 Å². The number of carbonyl (C=O) groups is 3. The number of amides is 2. The van der Waals surface area contributed by atoms with Gasteiger partial charge < -0.3 is 19.4 Å². The number of aromatic nitrogens is 2. The van der Waals surface area contributed by atoms with Gasteiger partial charge in [0.25, 0.3) is 5.91 Å². The topological polar surface area (TPSA) is 95.9 Å². The van der Waals surface area contributed by atoms with Gasteiger partial charge in [-0.3, -0.25) is 14.4 Å². The molecule has 0 spiro atoms. The van der Waals surface area contributed by atoms with E-state index in [2.05, 4.69) is 14.9 Å². The molecule has 2 unspecified atom stereocenters. The average molecular weight is 581 g/mol. The van der Waals surface area contributed by atoms with Gasteiger partial charge >= 0.3 is 5.97 Å². The highest BCUT2D eigenvalue weighted by atomic mass is 35.5. The van der Waals surface area contributed by atoms with E-state index in [9.17, 15) is 14.4 Å². The lowest BCUT2D eigenvalue weighted by Crippen LogP contribution is -2.54. The Balaban J connectivity index is 1.35. The third-order valence-electron chi connectivity index (χ3n) is 6.68. The van der Waals surface area contributed by atoms with Crippen LogP contribution in [-0.2, 0) is 14.3 Å². The second-order valence-corrected chi connectivity index (χ2v) is 11.1. The van der Waals surface area contributed by atoms with Crippen molar-refractivity contribution in [3.8, 4) is 0 Å². The van der Waals surface area contributed by atoms with Crippen LogP contribution in [0.1, 0.15) is 37.0 Å². The third-order valence-corrected chi connectivity index (χ3v) is 7.96. The van der Waals surface area contributed by atoms with Crippen LogP contribution in [0.3, 0.4) is 0 Å². The summed E-state index contributed by atoms with van der Waals surface area (Å²) in [6.07, 6.45) is 1.50. The number of benzene rings is 1. The summed E-state index contributed by atoms with van der Waals surface area (Å²) in [6.45, 7) is 6.80. The molecule has 0 saturated carbocycles. The van der Waals surface area contributed by atoms with Crippen LogP contribution in [0.4, 0.5) is 5.82 Å². The van der Waals surface area contributed by atoms with Crippen LogP contribution >= 0.6 is 35.0 Å². The molecule has 204 valence electrons. The number of hydrogen-bond acceptors (Lipinski definition) is 8. The molecule has 0 N–H and O–H groups in total. The minimum atomic E-state index is -0.279. The molecule has 1 aromatic heterocycles. The summed E-state index contributed by atoms with van der Waals surface area (Å²) >= 11 is 13.5. The van der Waals surface area contributed by atoms with Crippen LogP contribution in [0.15, 0.2) is 35.5 Å². The Morgan fingerprint density at radius 1 is 1.08 bits per heavy atom. The van der Waals surface area contributed by atoms with Gasteiger partial charge in [0, 0.05) is 55.4 Å². The van der Waals surface area contributed by atoms with Crippen LogP contribution in [0.25, 0.3) is 0 Å². The van der Waals surface area contributed by atoms with Crippen LogP contribution in [0.5, 0.6) is 0 Å². The third kappa shape index (κ3) is 7.09. The van der Waals surface area contributed by atoms with Crippen LogP contribution in [0, 0.1) is 5.92 Å². The molecule has 3 heterocycles. The maximum atomic E-state index is 13.0. The zero-order valence-corrected chi connectivity index (χ0v) is 23.8. The fraction of sp³-hybridized carbons (Fsp3) is 0.500. The van der Waals surface area contributed by atoms with Gasteiger partial charge in [0.15, 0.2) is 5.16 Å². The highest BCUT2D eigenvalue weighted by Crippen LogP contribution is 2.26. The van der Waals surface area contributed by atoms with Gasteiger partial charge in [0.2, 0.25) is 5.91 Å². The van der Waals surface area contributed by atoms with Crippen molar-refractivity contribution in [3.05, 3.63) is 46.1 Å². The van der Waals surface area contributed by atoms with E-state index in [1.807, 2.05) is 11.8 Å². The van der Waals surface area contributed by atoms with Gasteiger partial charge in [-0.1, -0.05) is 35.0 Å². The summed E-state index contributed by atoms with van der Waals surface area (Å²) in [5.74, 6) is 0.174. The molecule has 12 heteroatoms. The fourth-order valence-electron chi connectivity index (χ4n) is 4.71. The zero-order chi connectivity index (χ0) is 27.2. The number of likely N-dealkylation sites (tertiary alicyclic amines) is 1. The molecule has 2 aromatic rings. The minimum absolute atomic E-state index is 0.0350. The number of piperidine rings is 1. The van der Waals surface area contributed by atoms with Gasteiger partial charge in [0.05, 0.1) is 18.3 Å². The largest absolute Gasteiger partial charge is 0.466 e. The summed E-state index contributed by atoms with van der Waals surface area (Å²) in [7, 11) is 0. The molecular formula is C26H31Cl2N5O4S. The average Bonchev–Trinajstić information content (AvgIpc) is 2.91. The quantitative estimate of drug-likeness (QED) is 0.210. The van der Waals surface area contributed by atoms with E-state index in [4.69, 9.17) is 27.9 Å². The molecule has 38 heavy (non-hydrogen) atoms. The first-order chi connectivity index (χ1) is 18.2. The molecule has 0 aliphatic carbocycles. The van der Waals surface area contributed by atoms with Crippen molar-refractivity contribution >= 4 is 58.6 Å². The fourth-order valence-corrected chi connectivity index (χ4v) is 5.82. The lowest BCUT2D eigenvalue weighted by Gasteiger charge is -2.40. The Morgan fingerprint density at radius 2 is 1.84 bits per heavy atom. The van der Waals surface area contributed by atoms with Crippen molar-refractivity contribution in [3.63, 3.8) is 0 Å². The van der Waals surface area contributed by atoms with Crippen LogP contribution < -0.4 is 4.90 Å². The van der Waals surface area contributed by atoms with E-state index in [0.717, 1.165) is 12.8 Å². The number of carbonyl (C=O) groups excluding carboxylic acids is 3. The van der Waals surface area contributed by atoms with E-state index in [1.54, 1.807) is 42.2 Å². The molecule has 2 saturated heterocycles. The summed E-state index contributed by atoms with van der Waals surface area (Å²) in [6, 6.07) is 8.55. The van der Waals surface area contributed by atoms with Crippen molar-refractivity contribution in [2.75, 3.05) is 50.0 Å². The zero-order valence-electron chi connectivity index (χ0n) is 21.4. The monoisotopic (exact) mass is 579 g/mol. The number of nitrogens with zero attached hydrogens (tertiary/aromatic N) is 5. The molecule has 2 fully saturated rings. The van der Waals surface area contributed by atoms with Crippen LogP contribution in [0.2, 0.25) is 10.2 Å². The highest BCUT2D eigenvalue weighted by Gasteiger charge is 2.31. The van der Waals surface area contributed by atoms with E-state index in [0.29, 0.717) is 60.9 Å². The maximum absolute atomic E-state index is 13.0. The van der Waals surface area contributed by atoms with Crippen molar-refractivity contribution in [2.45, 2.75) is 37.9 Å². The molecule has 2 aliphatic rings. The number of esters is 1. The Morgan fingerprint density at radius 3 is 2.55 bits per heavy atom. The molecule has 0 radical (unpaired) electrons. The molecule has 2 amide bonds. The number of piperazine rings is 1. The Hall–Kier alpha value is -2.56. The van der Waals surface area contributed by atoms with E-state index >= 15 is 0 Å². The lowest BCUT2D eigenvalue weighted by molar-refractivity contribution is -0.151. The molecule has 2 aliphatic heterocycles. The predicted molar refractivity (Wildman–Crippen MR) is 148 cm³/mol. The number of thioether (sulfide) groups is 1. The first-order valence-corrected chi connectivity index (χ1v) is 14.4. The maximum Gasteiger partial charge on any atom is 0.310 e. The van der Waals surface area contributed by atoms with Crippen molar-refractivity contribution in [1.82, 2.24) is 19.8 Å². The summed E-state index contributed by atoms with van der Waals surface area (Å²) in [5.41, 5.74) is 0.602. The van der Waals surface area contributed by atoms with Gasteiger partial charge in [-0.05, 0) is 51.0 Å². The second kappa shape index (κ2) is 13.0. The molecule has 9 nitrogen and oxygen atoms in total. The first kappa shape index (κ1) is 28.4. The molecule has 4 rings (SSSR count). The number of rotatable bonds is 7. The van der Waals surface area contributed by atoms with E-state index in [1.165, 1.54) is 11.8 Å². The van der Waals surface area contributed by atoms with Crippen LogP contribution in [-0.4, -0.2) is 88.7 Å². The molecule has 0 bridgehead atoms. The molecular weight excluding hydrogens is 549 g/mol. The van der Waals surface area contributed by atoms with Gasteiger partial charge in [-0.25, -0.2) is 9.97 Å². The van der Waals surface area contributed by atoms with Crippen molar-refractivity contribution < 1.29 is 19.1 Å². The predicted octanol–water partition coefficient (Wildman–Crippen LogP) is 4.03. The van der Waals surface area contributed by atoms with Gasteiger partial charge in [-0.2, -0.15) is 0 Å². The van der Waals surface area contributed by atoms with E-state index in [-0.39, 0.29) is 40.6 Å². The number of ether oxygens (including phenoxy) is 1. The smallest absolute Gasteiger partial charge is 0.310 e. The van der Waals surface area contributed by atoms with Crippen molar-refractivity contribution in [1.29, 1.82) is 0 Å². The Labute approximate surface area is 236 Å². The lowest BCUT2D eigenvalue weighted by atomic mass is 9.98. The number of hydrogen-bond donors (Lipinski definition) is 0. The number of halogens is 2. The van der Waals surface area contributed by atoms with Gasteiger partial charge in [-0.15, -0.1) is 0 Å². The normalized spacial score (nSPS) is 19.8. The second-order valence-electron chi connectivity index (χ2n) is 9.35. The number of anilines is 1. The highest BCUT2D eigenvalue weighted by molar-refractivity contribution is 7.99. The van der Waals surface area contributed by atoms with E-state index < -0.39 is 0 Å². The van der Waals surface area contributed by atoms with Crippen molar-refractivity contribution in [2.24, 2.45) is 5.92 Å². The molecule has 2 atom stereocenters. The summed E-state index contributed by atoms with van der Waals surface area (Å²) in [5, 5.41) is 1.29. The summed E-state index contributed by atoms with van der Waals surface area (Å²) in [4.78, 5) is 52.5. The summed E-state index contributed by atoms with van der Waals surface area (Å²) < 4.78 is 5.13. The molecule has 1 aromatic carbocycles. The Bertz CT molecular complexity index is 1170. The minimum Gasteiger partial charge on any atom is -0.466 e.